The lowest BCUT2D eigenvalue weighted by molar-refractivity contribution is 0.110. The van der Waals surface area contributed by atoms with Gasteiger partial charge in [-0.2, -0.15) is 0 Å². The largest absolute Gasteiger partial charge is 0.482 e. The summed E-state index contributed by atoms with van der Waals surface area (Å²) in [5.74, 6) is 0.779. The van der Waals surface area contributed by atoms with Crippen molar-refractivity contribution in [3.63, 3.8) is 0 Å². The number of aliphatic hydroxyl groups excluding tert-OH is 1. The molecule has 0 radical (unpaired) electrons. The molecule has 2 rings (SSSR count). The normalized spacial score (nSPS) is 19.1. The van der Waals surface area contributed by atoms with Crippen molar-refractivity contribution < 1.29 is 9.84 Å². The third-order valence-electron chi connectivity index (χ3n) is 3.10. The molecule has 0 spiro atoms. The lowest BCUT2D eigenvalue weighted by atomic mass is 10.1. The second kappa shape index (κ2) is 4.92. The van der Waals surface area contributed by atoms with Crippen LogP contribution in [0.3, 0.4) is 0 Å². The van der Waals surface area contributed by atoms with Gasteiger partial charge in [0.05, 0.1) is 25.0 Å². The van der Waals surface area contributed by atoms with Crippen LogP contribution in [-0.4, -0.2) is 35.4 Å². The topological polar surface area (TPSA) is 45.6 Å². The second-order valence-corrected chi connectivity index (χ2v) is 4.67. The molecule has 0 saturated carbocycles. The summed E-state index contributed by atoms with van der Waals surface area (Å²) in [4.78, 5) is 6.60. The Balaban J connectivity index is 2.38. The van der Waals surface area contributed by atoms with Gasteiger partial charge in [-0.15, -0.1) is 0 Å². The number of nitrogens with zero attached hydrogens (tertiary/aromatic N) is 2. The monoisotopic (exact) mass is 236 g/mol. The van der Waals surface area contributed by atoms with E-state index in [4.69, 9.17) is 4.74 Å². The van der Waals surface area contributed by atoms with Crippen LogP contribution in [0, 0.1) is 0 Å². The maximum absolute atomic E-state index is 9.24. The Kier molecular flexibility index (Phi) is 3.52. The van der Waals surface area contributed by atoms with E-state index in [1.807, 2.05) is 0 Å². The van der Waals surface area contributed by atoms with Gasteiger partial charge in [-0.05, 0) is 26.3 Å². The van der Waals surface area contributed by atoms with E-state index < -0.39 is 0 Å². The molecule has 0 fully saturated rings. The van der Waals surface area contributed by atoms with Crippen molar-refractivity contribution in [3.05, 3.63) is 18.0 Å². The van der Waals surface area contributed by atoms with Gasteiger partial charge in [0.25, 0.3) is 0 Å². The van der Waals surface area contributed by atoms with Gasteiger partial charge < -0.3 is 14.7 Å². The molecule has 0 bridgehead atoms. The van der Waals surface area contributed by atoms with Crippen molar-refractivity contribution >= 4 is 5.69 Å². The highest BCUT2D eigenvalue weighted by Gasteiger charge is 2.27. The first-order valence-electron chi connectivity index (χ1n) is 6.18. The Morgan fingerprint density at radius 3 is 2.94 bits per heavy atom. The molecule has 4 heteroatoms. The van der Waals surface area contributed by atoms with Crippen LogP contribution in [0.5, 0.6) is 5.75 Å². The number of aromatic nitrogens is 1. The standard InChI is InChI=1S/C13H20N2O2/c1-4-10-5-12-13(6-14-10)17-11(8-16)7-15(12)9(2)3/h5-6,9,11,16H,4,7-8H2,1-3H3. The van der Waals surface area contributed by atoms with Gasteiger partial charge >= 0.3 is 0 Å². The Hall–Kier alpha value is -1.29. The Bertz CT molecular complexity index is 393. The van der Waals surface area contributed by atoms with Crippen LogP contribution in [0.2, 0.25) is 0 Å². The van der Waals surface area contributed by atoms with E-state index in [2.05, 4.69) is 36.7 Å². The van der Waals surface area contributed by atoms with Crippen molar-refractivity contribution in [1.82, 2.24) is 4.98 Å². The minimum absolute atomic E-state index is 0.0399. The average Bonchev–Trinajstić information content (AvgIpc) is 2.36. The minimum atomic E-state index is -0.154. The van der Waals surface area contributed by atoms with Crippen molar-refractivity contribution in [2.75, 3.05) is 18.1 Å². The summed E-state index contributed by atoms with van der Waals surface area (Å²) in [6.45, 7) is 7.16. The quantitative estimate of drug-likeness (QED) is 0.866. The highest BCUT2D eigenvalue weighted by molar-refractivity contribution is 5.60. The van der Waals surface area contributed by atoms with E-state index >= 15 is 0 Å². The van der Waals surface area contributed by atoms with Gasteiger partial charge in [-0.25, -0.2) is 0 Å². The number of rotatable bonds is 3. The van der Waals surface area contributed by atoms with Crippen molar-refractivity contribution in [2.45, 2.75) is 39.3 Å². The molecule has 1 aliphatic rings. The van der Waals surface area contributed by atoms with Gasteiger partial charge in [0.1, 0.15) is 6.10 Å². The van der Waals surface area contributed by atoms with Crippen LogP contribution in [-0.2, 0) is 6.42 Å². The summed E-state index contributed by atoms with van der Waals surface area (Å²) in [6.07, 6.45) is 2.53. The summed E-state index contributed by atoms with van der Waals surface area (Å²) in [7, 11) is 0. The Morgan fingerprint density at radius 1 is 1.59 bits per heavy atom. The molecule has 1 unspecified atom stereocenters. The van der Waals surface area contributed by atoms with E-state index in [1.165, 1.54) is 0 Å². The lowest BCUT2D eigenvalue weighted by Gasteiger charge is -2.38. The summed E-state index contributed by atoms with van der Waals surface area (Å²) < 4.78 is 5.71. The van der Waals surface area contributed by atoms with E-state index in [0.29, 0.717) is 6.04 Å². The van der Waals surface area contributed by atoms with Gasteiger partial charge in [-0.1, -0.05) is 6.92 Å². The highest BCUT2D eigenvalue weighted by Crippen LogP contribution is 2.34. The molecule has 4 nitrogen and oxygen atoms in total. The van der Waals surface area contributed by atoms with Crippen LogP contribution in [0.25, 0.3) is 0 Å². The summed E-state index contributed by atoms with van der Waals surface area (Å²) in [6, 6.07) is 2.47. The molecule has 0 aromatic carbocycles. The minimum Gasteiger partial charge on any atom is -0.482 e. The number of aliphatic hydroxyl groups is 1. The number of hydrogen-bond acceptors (Lipinski definition) is 4. The maximum atomic E-state index is 9.24. The summed E-state index contributed by atoms with van der Waals surface area (Å²) in [5.41, 5.74) is 2.16. The molecular weight excluding hydrogens is 216 g/mol. The summed E-state index contributed by atoms with van der Waals surface area (Å²) in [5, 5.41) is 9.24. The second-order valence-electron chi connectivity index (χ2n) is 4.67. The molecule has 1 atom stereocenters. The molecule has 0 amide bonds. The first-order valence-corrected chi connectivity index (χ1v) is 6.18. The summed E-state index contributed by atoms with van der Waals surface area (Å²) >= 11 is 0. The fourth-order valence-corrected chi connectivity index (χ4v) is 2.10. The number of hydrogen-bond donors (Lipinski definition) is 1. The smallest absolute Gasteiger partial charge is 0.161 e. The Morgan fingerprint density at radius 2 is 2.35 bits per heavy atom. The van der Waals surface area contributed by atoms with Crippen LogP contribution in [0.1, 0.15) is 26.5 Å². The Labute approximate surface area is 102 Å². The van der Waals surface area contributed by atoms with E-state index in [0.717, 1.165) is 30.1 Å². The highest BCUT2D eigenvalue weighted by atomic mass is 16.5. The van der Waals surface area contributed by atoms with E-state index in [9.17, 15) is 5.11 Å². The van der Waals surface area contributed by atoms with Gasteiger partial charge in [-0.3, -0.25) is 4.98 Å². The molecule has 94 valence electrons. The number of aryl methyl sites for hydroxylation is 1. The molecular formula is C13H20N2O2. The van der Waals surface area contributed by atoms with Gasteiger partial charge in [0.15, 0.2) is 5.75 Å². The molecule has 17 heavy (non-hydrogen) atoms. The van der Waals surface area contributed by atoms with Gasteiger partial charge in [0, 0.05) is 11.7 Å². The third-order valence-corrected chi connectivity index (χ3v) is 3.10. The zero-order valence-corrected chi connectivity index (χ0v) is 10.7. The van der Waals surface area contributed by atoms with Crippen molar-refractivity contribution in [3.8, 4) is 5.75 Å². The first-order chi connectivity index (χ1) is 8.15. The van der Waals surface area contributed by atoms with Gasteiger partial charge in [0.2, 0.25) is 0 Å². The number of fused-ring (bicyclic) bond motifs is 1. The molecule has 1 aromatic rings. The van der Waals surface area contributed by atoms with Crippen LogP contribution in [0.15, 0.2) is 12.3 Å². The van der Waals surface area contributed by atoms with Crippen LogP contribution < -0.4 is 9.64 Å². The fraction of sp³-hybridized carbons (Fsp3) is 0.615. The molecule has 1 aliphatic heterocycles. The average molecular weight is 236 g/mol. The predicted octanol–water partition coefficient (Wildman–Crippen LogP) is 1.61. The zero-order chi connectivity index (χ0) is 12.4. The van der Waals surface area contributed by atoms with Crippen LogP contribution in [0.4, 0.5) is 5.69 Å². The molecule has 0 aliphatic carbocycles. The van der Waals surface area contributed by atoms with Crippen molar-refractivity contribution in [2.24, 2.45) is 0 Å². The third kappa shape index (κ3) is 2.36. The number of anilines is 1. The molecule has 0 saturated heterocycles. The van der Waals surface area contributed by atoms with Crippen LogP contribution >= 0.6 is 0 Å². The SMILES string of the molecule is CCc1cc2c(cn1)OC(CO)CN2C(C)C. The van der Waals surface area contributed by atoms with E-state index in [-0.39, 0.29) is 12.7 Å². The zero-order valence-electron chi connectivity index (χ0n) is 10.7. The number of ether oxygens (including phenoxy) is 1. The van der Waals surface area contributed by atoms with E-state index in [1.54, 1.807) is 6.20 Å². The predicted molar refractivity (Wildman–Crippen MR) is 67.6 cm³/mol. The fourth-order valence-electron chi connectivity index (χ4n) is 2.10. The molecule has 1 N–H and O–H groups in total. The lowest BCUT2D eigenvalue weighted by Crippen LogP contribution is -2.45. The number of pyridine rings is 1. The first kappa shape index (κ1) is 12.2. The molecule has 1 aromatic heterocycles. The maximum Gasteiger partial charge on any atom is 0.161 e. The molecule has 2 heterocycles. The van der Waals surface area contributed by atoms with Crippen molar-refractivity contribution in [1.29, 1.82) is 0 Å².